The fourth-order valence-electron chi connectivity index (χ4n) is 2.03. The van der Waals surface area contributed by atoms with Gasteiger partial charge in [-0.25, -0.2) is 17.9 Å². The molecule has 2 aromatic rings. The SMILES string of the molecule is CNS(=O)(=O)c1ccc(Cl)c(C(=O)OCc2cc(Cl)ccc2OC)c1. The standard InChI is InChI=1S/C16H15Cl2NO5S/c1-19-25(21,22)12-4-5-14(18)13(8-12)16(20)24-9-10-7-11(17)3-6-15(10)23-2/h3-8,19H,9H2,1-2H3. The van der Waals surface area contributed by atoms with Gasteiger partial charge in [0, 0.05) is 10.6 Å². The minimum Gasteiger partial charge on any atom is -0.496 e. The van der Waals surface area contributed by atoms with Crippen molar-refractivity contribution in [3.63, 3.8) is 0 Å². The van der Waals surface area contributed by atoms with Crippen molar-refractivity contribution in [1.82, 2.24) is 4.72 Å². The summed E-state index contributed by atoms with van der Waals surface area (Å²) in [6, 6.07) is 8.68. The normalized spacial score (nSPS) is 11.2. The fourth-order valence-corrected chi connectivity index (χ4v) is 3.17. The van der Waals surface area contributed by atoms with Crippen molar-refractivity contribution in [1.29, 1.82) is 0 Å². The number of benzene rings is 2. The van der Waals surface area contributed by atoms with Gasteiger partial charge in [-0.3, -0.25) is 0 Å². The molecular weight excluding hydrogens is 389 g/mol. The predicted octanol–water partition coefficient (Wildman–Crippen LogP) is 3.27. The zero-order chi connectivity index (χ0) is 18.6. The molecule has 0 spiro atoms. The molecule has 0 atom stereocenters. The summed E-state index contributed by atoms with van der Waals surface area (Å²) < 4.78 is 36.3. The van der Waals surface area contributed by atoms with Crippen LogP contribution in [0, 0.1) is 0 Å². The van der Waals surface area contributed by atoms with Crippen LogP contribution in [0.15, 0.2) is 41.3 Å². The molecule has 0 amide bonds. The average molecular weight is 404 g/mol. The van der Waals surface area contributed by atoms with E-state index in [1.54, 1.807) is 18.2 Å². The number of nitrogens with one attached hydrogen (secondary N) is 1. The monoisotopic (exact) mass is 403 g/mol. The molecule has 0 aliphatic heterocycles. The van der Waals surface area contributed by atoms with E-state index in [2.05, 4.69) is 4.72 Å². The van der Waals surface area contributed by atoms with Crippen LogP contribution in [-0.2, 0) is 21.4 Å². The molecule has 0 radical (unpaired) electrons. The first-order chi connectivity index (χ1) is 11.8. The molecule has 134 valence electrons. The van der Waals surface area contributed by atoms with Crippen LogP contribution in [0.4, 0.5) is 0 Å². The third kappa shape index (κ3) is 4.64. The summed E-state index contributed by atoms with van der Waals surface area (Å²) >= 11 is 11.9. The first-order valence-corrected chi connectivity index (χ1v) is 9.25. The number of sulfonamides is 1. The second-order valence-electron chi connectivity index (χ2n) is 4.88. The highest BCUT2D eigenvalue weighted by molar-refractivity contribution is 7.89. The Morgan fingerprint density at radius 3 is 2.52 bits per heavy atom. The summed E-state index contributed by atoms with van der Waals surface area (Å²) in [5.74, 6) is -0.255. The van der Waals surface area contributed by atoms with Crippen LogP contribution in [0.2, 0.25) is 10.0 Å². The summed E-state index contributed by atoms with van der Waals surface area (Å²) in [6.45, 7) is -0.109. The third-order valence-electron chi connectivity index (χ3n) is 3.34. The van der Waals surface area contributed by atoms with Crippen molar-refractivity contribution in [3.8, 4) is 5.75 Å². The van der Waals surface area contributed by atoms with E-state index in [4.69, 9.17) is 32.7 Å². The molecule has 0 fully saturated rings. The second kappa shape index (κ2) is 8.05. The van der Waals surface area contributed by atoms with Gasteiger partial charge in [-0.2, -0.15) is 0 Å². The second-order valence-corrected chi connectivity index (χ2v) is 7.61. The molecule has 1 N–H and O–H groups in total. The lowest BCUT2D eigenvalue weighted by Crippen LogP contribution is -2.19. The maximum absolute atomic E-state index is 12.3. The molecule has 2 aromatic carbocycles. The first kappa shape index (κ1) is 19.5. The molecule has 0 saturated heterocycles. The van der Waals surface area contributed by atoms with E-state index < -0.39 is 16.0 Å². The van der Waals surface area contributed by atoms with Crippen molar-refractivity contribution in [2.45, 2.75) is 11.5 Å². The number of halogens is 2. The minimum atomic E-state index is -3.71. The lowest BCUT2D eigenvalue weighted by Gasteiger charge is -2.11. The van der Waals surface area contributed by atoms with E-state index in [0.29, 0.717) is 16.3 Å². The molecule has 0 aromatic heterocycles. The van der Waals surface area contributed by atoms with Gasteiger partial charge in [-0.15, -0.1) is 0 Å². The first-order valence-electron chi connectivity index (χ1n) is 7.01. The Bertz CT molecular complexity index is 899. The molecule has 0 heterocycles. The molecule has 9 heteroatoms. The number of carbonyl (C=O) groups is 1. The Balaban J connectivity index is 2.24. The highest BCUT2D eigenvalue weighted by Gasteiger charge is 2.19. The molecule has 2 rings (SSSR count). The zero-order valence-electron chi connectivity index (χ0n) is 13.4. The van der Waals surface area contributed by atoms with E-state index in [9.17, 15) is 13.2 Å². The molecule has 0 bridgehead atoms. The van der Waals surface area contributed by atoms with Crippen LogP contribution in [0.1, 0.15) is 15.9 Å². The molecule has 6 nitrogen and oxygen atoms in total. The van der Waals surface area contributed by atoms with Crippen LogP contribution >= 0.6 is 23.2 Å². The van der Waals surface area contributed by atoms with Crippen molar-refractivity contribution in [2.75, 3.05) is 14.2 Å². The number of ether oxygens (including phenoxy) is 2. The van der Waals surface area contributed by atoms with Gasteiger partial charge in [0.25, 0.3) is 0 Å². The topological polar surface area (TPSA) is 81.7 Å². The maximum atomic E-state index is 12.3. The highest BCUT2D eigenvalue weighted by atomic mass is 35.5. The maximum Gasteiger partial charge on any atom is 0.340 e. The van der Waals surface area contributed by atoms with Crippen LogP contribution < -0.4 is 9.46 Å². The minimum absolute atomic E-state index is 0.0565. The molecule has 0 aliphatic carbocycles. The van der Waals surface area contributed by atoms with Gasteiger partial charge in [0.1, 0.15) is 12.4 Å². The van der Waals surface area contributed by atoms with E-state index in [1.165, 1.54) is 26.3 Å². The summed E-state index contributed by atoms with van der Waals surface area (Å²) in [7, 11) is -0.953. The highest BCUT2D eigenvalue weighted by Crippen LogP contribution is 2.25. The van der Waals surface area contributed by atoms with Gasteiger partial charge in [0.2, 0.25) is 10.0 Å². The zero-order valence-corrected chi connectivity index (χ0v) is 15.7. The van der Waals surface area contributed by atoms with Crippen LogP contribution in [0.25, 0.3) is 0 Å². The lowest BCUT2D eigenvalue weighted by molar-refractivity contribution is 0.0470. The van der Waals surface area contributed by atoms with Gasteiger partial charge in [-0.1, -0.05) is 23.2 Å². The van der Waals surface area contributed by atoms with Crippen LogP contribution in [0.5, 0.6) is 5.75 Å². The Hall–Kier alpha value is -1.80. The molecular formula is C16H15Cl2NO5S. The van der Waals surface area contributed by atoms with Gasteiger partial charge >= 0.3 is 5.97 Å². The van der Waals surface area contributed by atoms with Crippen molar-refractivity contribution in [3.05, 3.63) is 57.6 Å². The third-order valence-corrected chi connectivity index (χ3v) is 5.31. The Kier molecular flexibility index (Phi) is 6.29. The number of methoxy groups -OCH3 is 1. The van der Waals surface area contributed by atoms with Crippen LogP contribution in [0.3, 0.4) is 0 Å². The van der Waals surface area contributed by atoms with E-state index in [-0.39, 0.29) is 22.1 Å². The van der Waals surface area contributed by atoms with Crippen LogP contribution in [-0.4, -0.2) is 28.5 Å². The number of rotatable bonds is 6. The Morgan fingerprint density at radius 1 is 1.16 bits per heavy atom. The van der Waals surface area contributed by atoms with Crippen molar-refractivity contribution in [2.24, 2.45) is 0 Å². The van der Waals surface area contributed by atoms with E-state index >= 15 is 0 Å². The quantitative estimate of drug-likeness (QED) is 0.748. The summed E-state index contributed by atoms with van der Waals surface area (Å²) in [6.07, 6.45) is 0. The fraction of sp³-hybridized carbons (Fsp3) is 0.188. The smallest absolute Gasteiger partial charge is 0.340 e. The molecule has 0 aliphatic rings. The number of hydrogen-bond donors (Lipinski definition) is 1. The van der Waals surface area contributed by atoms with Gasteiger partial charge in [0.05, 0.1) is 22.6 Å². The number of hydrogen-bond acceptors (Lipinski definition) is 5. The average Bonchev–Trinajstić information content (AvgIpc) is 2.60. The summed E-state index contributed by atoms with van der Waals surface area (Å²) in [4.78, 5) is 12.2. The summed E-state index contributed by atoms with van der Waals surface area (Å²) in [5, 5.41) is 0.546. The van der Waals surface area contributed by atoms with Gasteiger partial charge in [-0.05, 0) is 43.4 Å². The molecule has 0 unspecified atom stereocenters. The van der Waals surface area contributed by atoms with E-state index in [0.717, 1.165) is 6.07 Å². The molecule has 25 heavy (non-hydrogen) atoms. The predicted molar refractivity (Wildman–Crippen MR) is 94.8 cm³/mol. The largest absolute Gasteiger partial charge is 0.496 e. The number of carbonyl (C=O) groups excluding carboxylic acids is 1. The number of esters is 1. The van der Waals surface area contributed by atoms with E-state index in [1.807, 2.05) is 0 Å². The van der Waals surface area contributed by atoms with Gasteiger partial charge in [0.15, 0.2) is 0 Å². The Morgan fingerprint density at radius 2 is 1.88 bits per heavy atom. The summed E-state index contributed by atoms with van der Waals surface area (Å²) in [5.41, 5.74) is 0.512. The van der Waals surface area contributed by atoms with Crippen molar-refractivity contribution < 1.29 is 22.7 Å². The lowest BCUT2D eigenvalue weighted by atomic mass is 10.2. The Labute approximate surface area is 155 Å². The van der Waals surface area contributed by atoms with Gasteiger partial charge < -0.3 is 9.47 Å². The van der Waals surface area contributed by atoms with Crippen molar-refractivity contribution >= 4 is 39.2 Å². The molecule has 0 saturated carbocycles.